The van der Waals surface area contributed by atoms with Gasteiger partial charge in [0.05, 0.1) is 0 Å². The van der Waals surface area contributed by atoms with Gasteiger partial charge in [-0.2, -0.15) is 0 Å². The Morgan fingerprint density at radius 1 is 1.25 bits per heavy atom. The van der Waals surface area contributed by atoms with Gasteiger partial charge >= 0.3 is 0 Å². The minimum Gasteiger partial charge on any atom is -0.0654 e. The van der Waals surface area contributed by atoms with Gasteiger partial charge in [-0.1, -0.05) is 47.5 Å². The van der Waals surface area contributed by atoms with Gasteiger partial charge in [0.15, 0.2) is 0 Å². The van der Waals surface area contributed by atoms with E-state index >= 15 is 0 Å². The summed E-state index contributed by atoms with van der Waals surface area (Å²) >= 11 is 0. The SMILES string of the molecule is CCCC1(CC)CC1C(C)(C)C. The zero-order valence-electron chi connectivity index (χ0n) is 9.41. The van der Waals surface area contributed by atoms with Crippen molar-refractivity contribution in [1.29, 1.82) is 0 Å². The molecule has 0 bridgehead atoms. The van der Waals surface area contributed by atoms with Crippen LogP contribution in [0.3, 0.4) is 0 Å². The molecule has 2 unspecified atom stereocenters. The lowest BCUT2D eigenvalue weighted by Gasteiger charge is -2.24. The molecule has 72 valence electrons. The molecule has 1 saturated carbocycles. The van der Waals surface area contributed by atoms with Crippen molar-refractivity contribution >= 4 is 0 Å². The molecule has 0 aromatic carbocycles. The number of hydrogen-bond acceptors (Lipinski definition) is 0. The molecule has 0 spiro atoms. The van der Waals surface area contributed by atoms with Crippen LogP contribution in [-0.4, -0.2) is 0 Å². The molecule has 0 heteroatoms. The van der Waals surface area contributed by atoms with E-state index in [2.05, 4.69) is 34.6 Å². The van der Waals surface area contributed by atoms with E-state index in [0.29, 0.717) is 5.41 Å². The molecule has 0 nitrogen and oxygen atoms in total. The van der Waals surface area contributed by atoms with Crippen LogP contribution in [0.15, 0.2) is 0 Å². The predicted octanol–water partition coefficient (Wildman–Crippen LogP) is 4.25. The monoisotopic (exact) mass is 168 g/mol. The molecule has 12 heavy (non-hydrogen) atoms. The second-order valence-corrected chi connectivity index (χ2v) is 5.59. The van der Waals surface area contributed by atoms with Crippen LogP contribution in [0.1, 0.15) is 60.3 Å². The summed E-state index contributed by atoms with van der Waals surface area (Å²) in [5.74, 6) is 0.995. The van der Waals surface area contributed by atoms with Crippen molar-refractivity contribution in [3.05, 3.63) is 0 Å². The van der Waals surface area contributed by atoms with Gasteiger partial charge < -0.3 is 0 Å². The van der Waals surface area contributed by atoms with Gasteiger partial charge in [0.25, 0.3) is 0 Å². The summed E-state index contributed by atoms with van der Waals surface area (Å²) in [6.07, 6.45) is 5.69. The molecule has 0 aromatic rings. The standard InChI is InChI=1S/C12H24/c1-6-8-12(7-2)9-10(12)11(3,4)5/h10H,6-9H2,1-5H3. The van der Waals surface area contributed by atoms with Crippen molar-refractivity contribution < 1.29 is 0 Å². The maximum absolute atomic E-state index is 2.39. The van der Waals surface area contributed by atoms with E-state index in [-0.39, 0.29) is 0 Å². The highest BCUT2D eigenvalue weighted by atomic mass is 14.6. The molecule has 1 aliphatic carbocycles. The number of rotatable bonds is 3. The maximum atomic E-state index is 2.39. The molecule has 0 saturated heterocycles. The summed E-state index contributed by atoms with van der Waals surface area (Å²) in [4.78, 5) is 0. The van der Waals surface area contributed by atoms with Crippen molar-refractivity contribution in [3.8, 4) is 0 Å². The molecule has 0 N–H and O–H groups in total. The first-order valence-electron chi connectivity index (χ1n) is 5.46. The predicted molar refractivity (Wildman–Crippen MR) is 55.2 cm³/mol. The summed E-state index contributed by atoms with van der Waals surface area (Å²) in [6, 6.07) is 0. The molecule has 2 atom stereocenters. The van der Waals surface area contributed by atoms with Crippen molar-refractivity contribution in [3.63, 3.8) is 0 Å². The summed E-state index contributed by atoms with van der Waals surface area (Å²) in [6.45, 7) is 11.9. The maximum Gasteiger partial charge on any atom is -0.0264 e. The molecule has 0 aliphatic heterocycles. The van der Waals surface area contributed by atoms with Crippen LogP contribution in [0.25, 0.3) is 0 Å². The second kappa shape index (κ2) is 3.05. The van der Waals surface area contributed by atoms with E-state index in [1.54, 1.807) is 0 Å². The van der Waals surface area contributed by atoms with Crippen LogP contribution in [0, 0.1) is 16.7 Å². The fourth-order valence-electron chi connectivity index (χ4n) is 2.91. The molecule has 1 fully saturated rings. The van der Waals surface area contributed by atoms with Gasteiger partial charge in [0.2, 0.25) is 0 Å². The third-order valence-electron chi connectivity index (χ3n) is 3.69. The Hall–Kier alpha value is 0. The lowest BCUT2D eigenvalue weighted by Crippen LogP contribution is -2.15. The van der Waals surface area contributed by atoms with Gasteiger partial charge in [-0.3, -0.25) is 0 Å². The summed E-state index contributed by atoms with van der Waals surface area (Å²) < 4.78 is 0. The quantitative estimate of drug-likeness (QED) is 0.591. The largest absolute Gasteiger partial charge is 0.0654 e. The highest BCUT2D eigenvalue weighted by Gasteiger charge is 2.56. The van der Waals surface area contributed by atoms with E-state index in [9.17, 15) is 0 Å². The second-order valence-electron chi connectivity index (χ2n) is 5.59. The van der Waals surface area contributed by atoms with Crippen molar-refractivity contribution in [2.45, 2.75) is 60.3 Å². The minimum absolute atomic E-state index is 0.547. The van der Waals surface area contributed by atoms with E-state index in [4.69, 9.17) is 0 Å². The van der Waals surface area contributed by atoms with Gasteiger partial charge in [-0.25, -0.2) is 0 Å². The first kappa shape index (κ1) is 10.1. The Kier molecular flexibility index (Phi) is 2.56. The average molecular weight is 168 g/mol. The fourth-order valence-corrected chi connectivity index (χ4v) is 2.91. The van der Waals surface area contributed by atoms with Gasteiger partial charge in [-0.15, -0.1) is 0 Å². The molecule has 0 radical (unpaired) electrons. The summed E-state index contributed by atoms with van der Waals surface area (Å²) in [7, 11) is 0. The van der Waals surface area contributed by atoms with E-state index < -0.39 is 0 Å². The topological polar surface area (TPSA) is 0 Å². The third-order valence-corrected chi connectivity index (χ3v) is 3.69. The first-order chi connectivity index (χ1) is 5.46. The molecular weight excluding hydrogens is 144 g/mol. The Balaban J connectivity index is 2.55. The summed E-state index contributed by atoms with van der Waals surface area (Å²) in [5, 5.41) is 0. The average Bonchev–Trinajstić information content (AvgIpc) is 2.64. The zero-order valence-corrected chi connectivity index (χ0v) is 9.41. The minimum atomic E-state index is 0.547. The van der Waals surface area contributed by atoms with Crippen LogP contribution in [0.5, 0.6) is 0 Å². The first-order valence-corrected chi connectivity index (χ1v) is 5.46. The Morgan fingerprint density at radius 3 is 2.08 bits per heavy atom. The molecule has 0 heterocycles. The zero-order chi connectivity index (χ0) is 9.41. The lowest BCUT2D eigenvalue weighted by molar-refractivity contribution is 0.261. The molecule has 0 amide bonds. The van der Waals surface area contributed by atoms with Crippen LogP contribution >= 0.6 is 0 Å². The molecule has 0 aromatic heterocycles. The van der Waals surface area contributed by atoms with E-state index in [1.165, 1.54) is 25.7 Å². The Labute approximate surface area is 77.7 Å². The van der Waals surface area contributed by atoms with Crippen LogP contribution in [0.4, 0.5) is 0 Å². The molecule has 1 aliphatic rings. The van der Waals surface area contributed by atoms with Crippen molar-refractivity contribution in [2.75, 3.05) is 0 Å². The fraction of sp³-hybridized carbons (Fsp3) is 1.00. The van der Waals surface area contributed by atoms with E-state index in [1.807, 2.05) is 0 Å². The van der Waals surface area contributed by atoms with Crippen LogP contribution in [0.2, 0.25) is 0 Å². The highest BCUT2D eigenvalue weighted by Crippen LogP contribution is 2.65. The number of hydrogen-bond donors (Lipinski definition) is 0. The Bertz CT molecular complexity index is 152. The van der Waals surface area contributed by atoms with Crippen molar-refractivity contribution in [1.82, 2.24) is 0 Å². The lowest BCUT2D eigenvalue weighted by atomic mass is 9.82. The third kappa shape index (κ3) is 1.67. The molecular formula is C12H24. The van der Waals surface area contributed by atoms with Gasteiger partial charge in [-0.05, 0) is 29.6 Å². The Morgan fingerprint density at radius 2 is 1.83 bits per heavy atom. The van der Waals surface area contributed by atoms with Crippen LogP contribution < -0.4 is 0 Å². The van der Waals surface area contributed by atoms with E-state index in [0.717, 1.165) is 11.3 Å². The van der Waals surface area contributed by atoms with Crippen LogP contribution in [-0.2, 0) is 0 Å². The molecule has 1 rings (SSSR count). The normalized spacial score (nSPS) is 35.2. The van der Waals surface area contributed by atoms with Crippen molar-refractivity contribution in [2.24, 2.45) is 16.7 Å². The van der Waals surface area contributed by atoms with Gasteiger partial charge in [0, 0.05) is 0 Å². The highest BCUT2D eigenvalue weighted by molar-refractivity contribution is 5.05. The smallest absolute Gasteiger partial charge is 0.0264 e. The summed E-state index contributed by atoms with van der Waals surface area (Å²) in [5.41, 5.74) is 1.29. The van der Waals surface area contributed by atoms with Gasteiger partial charge in [0.1, 0.15) is 0 Å².